The highest BCUT2D eigenvalue weighted by Gasteiger charge is 2.30. The largest absolute Gasteiger partial charge is 0.451 e. The van der Waals surface area contributed by atoms with Crippen molar-refractivity contribution in [2.24, 2.45) is 5.92 Å². The van der Waals surface area contributed by atoms with Crippen molar-refractivity contribution in [3.8, 4) is 0 Å². The van der Waals surface area contributed by atoms with Crippen LogP contribution in [0.5, 0.6) is 0 Å². The Hall–Kier alpha value is -1.36. The number of hydrogen-bond donors (Lipinski definition) is 0. The minimum absolute atomic E-state index is 0.321. The smallest absolute Gasteiger partial charge is 0.225 e. The van der Waals surface area contributed by atoms with Crippen molar-refractivity contribution in [1.29, 1.82) is 0 Å². The van der Waals surface area contributed by atoms with E-state index in [2.05, 4.69) is 14.8 Å². The van der Waals surface area contributed by atoms with E-state index in [9.17, 15) is 4.79 Å². The zero-order valence-corrected chi connectivity index (χ0v) is 11.3. The van der Waals surface area contributed by atoms with Crippen LogP contribution in [0.2, 0.25) is 0 Å². The molecular weight excluding hydrogens is 242 g/mol. The highest BCUT2D eigenvalue weighted by Crippen LogP contribution is 2.28. The van der Waals surface area contributed by atoms with Gasteiger partial charge in [0, 0.05) is 38.6 Å². The summed E-state index contributed by atoms with van der Waals surface area (Å²) in [6.45, 7) is 4.55. The van der Waals surface area contributed by atoms with Crippen molar-refractivity contribution in [3.05, 3.63) is 18.4 Å². The molecule has 19 heavy (non-hydrogen) atoms. The number of amides is 1. The fourth-order valence-corrected chi connectivity index (χ4v) is 2.81. The first kappa shape index (κ1) is 12.7. The van der Waals surface area contributed by atoms with Crippen LogP contribution in [0.1, 0.15) is 31.4 Å². The van der Waals surface area contributed by atoms with Crippen molar-refractivity contribution >= 4 is 5.91 Å². The van der Waals surface area contributed by atoms with E-state index in [-0.39, 0.29) is 0 Å². The van der Waals surface area contributed by atoms with Gasteiger partial charge >= 0.3 is 0 Å². The number of nitrogens with zero attached hydrogens (tertiary/aromatic N) is 3. The Morgan fingerprint density at radius 2 is 2.16 bits per heavy atom. The molecule has 0 aromatic carbocycles. The van der Waals surface area contributed by atoms with Gasteiger partial charge in [-0.3, -0.25) is 9.69 Å². The van der Waals surface area contributed by atoms with Crippen LogP contribution in [0.25, 0.3) is 0 Å². The lowest BCUT2D eigenvalue weighted by molar-refractivity contribution is -0.138. The van der Waals surface area contributed by atoms with Crippen LogP contribution in [0.4, 0.5) is 0 Å². The Labute approximate surface area is 113 Å². The van der Waals surface area contributed by atoms with Gasteiger partial charge in [-0.2, -0.15) is 0 Å². The average molecular weight is 263 g/mol. The van der Waals surface area contributed by atoms with E-state index in [0.29, 0.717) is 11.8 Å². The summed E-state index contributed by atoms with van der Waals surface area (Å²) in [6, 6.07) is 0. The molecule has 2 fully saturated rings. The molecule has 1 saturated heterocycles. The molecule has 0 radical (unpaired) electrons. The van der Waals surface area contributed by atoms with E-state index >= 15 is 0 Å². The zero-order chi connectivity index (χ0) is 13.1. The van der Waals surface area contributed by atoms with Gasteiger partial charge in [-0.15, -0.1) is 0 Å². The van der Waals surface area contributed by atoms with Crippen molar-refractivity contribution < 1.29 is 9.21 Å². The van der Waals surface area contributed by atoms with E-state index in [1.165, 1.54) is 12.8 Å². The minimum Gasteiger partial charge on any atom is -0.451 e. The zero-order valence-electron chi connectivity index (χ0n) is 11.3. The SMILES string of the molecule is O=C(C1CCC1)N1CCCN(Cc2cocn2)CC1. The molecule has 1 aromatic heterocycles. The van der Waals surface area contributed by atoms with Crippen LogP contribution in [0.15, 0.2) is 17.1 Å². The minimum atomic E-state index is 0.321. The monoisotopic (exact) mass is 263 g/mol. The Bertz CT molecular complexity index is 414. The molecule has 0 bridgehead atoms. The first-order chi connectivity index (χ1) is 9.33. The van der Waals surface area contributed by atoms with Crippen molar-refractivity contribution in [2.75, 3.05) is 26.2 Å². The summed E-state index contributed by atoms with van der Waals surface area (Å²) in [6.07, 6.45) is 7.64. The second kappa shape index (κ2) is 5.74. The number of carbonyl (C=O) groups excluding carboxylic acids is 1. The lowest BCUT2D eigenvalue weighted by atomic mass is 9.84. The quantitative estimate of drug-likeness (QED) is 0.829. The number of aromatic nitrogens is 1. The maximum Gasteiger partial charge on any atom is 0.225 e. The highest BCUT2D eigenvalue weighted by atomic mass is 16.3. The molecule has 1 aromatic rings. The van der Waals surface area contributed by atoms with Crippen LogP contribution < -0.4 is 0 Å². The molecule has 5 heteroatoms. The number of rotatable bonds is 3. The van der Waals surface area contributed by atoms with Crippen molar-refractivity contribution in [2.45, 2.75) is 32.2 Å². The molecule has 1 aliphatic heterocycles. The lowest BCUT2D eigenvalue weighted by Gasteiger charge is -2.31. The van der Waals surface area contributed by atoms with E-state index < -0.39 is 0 Å². The summed E-state index contributed by atoms with van der Waals surface area (Å²) in [5.74, 6) is 0.705. The Morgan fingerprint density at radius 1 is 1.26 bits per heavy atom. The lowest BCUT2D eigenvalue weighted by Crippen LogP contribution is -2.41. The van der Waals surface area contributed by atoms with Gasteiger partial charge < -0.3 is 9.32 Å². The predicted octanol–water partition coefficient (Wildman–Crippen LogP) is 1.51. The van der Waals surface area contributed by atoms with Gasteiger partial charge in [0.15, 0.2) is 6.39 Å². The van der Waals surface area contributed by atoms with Gasteiger partial charge in [-0.25, -0.2) is 4.98 Å². The van der Waals surface area contributed by atoms with Crippen molar-refractivity contribution in [1.82, 2.24) is 14.8 Å². The third-order valence-electron chi connectivity index (χ3n) is 4.22. The van der Waals surface area contributed by atoms with Gasteiger partial charge in [0.05, 0.1) is 5.69 Å². The number of hydrogen-bond acceptors (Lipinski definition) is 4. The van der Waals surface area contributed by atoms with E-state index in [4.69, 9.17) is 4.42 Å². The van der Waals surface area contributed by atoms with Gasteiger partial charge in [-0.05, 0) is 19.3 Å². The van der Waals surface area contributed by atoms with Crippen LogP contribution >= 0.6 is 0 Å². The molecule has 1 aliphatic carbocycles. The molecule has 104 valence electrons. The van der Waals surface area contributed by atoms with E-state index in [1.54, 1.807) is 6.26 Å². The van der Waals surface area contributed by atoms with Crippen LogP contribution in [-0.2, 0) is 11.3 Å². The molecule has 0 N–H and O–H groups in total. The summed E-state index contributed by atoms with van der Waals surface area (Å²) in [7, 11) is 0. The molecule has 2 aliphatic rings. The normalized spacial score (nSPS) is 22.0. The molecule has 0 unspecified atom stereocenters. The number of oxazole rings is 1. The van der Waals surface area contributed by atoms with E-state index in [1.807, 2.05) is 0 Å². The van der Waals surface area contributed by atoms with Crippen LogP contribution in [-0.4, -0.2) is 46.9 Å². The Balaban J connectivity index is 1.52. The fourth-order valence-electron chi connectivity index (χ4n) is 2.81. The Morgan fingerprint density at radius 3 is 2.84 bits per heavy atom. The third kappa shape index (κ3) is 2.97. The van der Waals surface area contributed by atoms with Gasteiger partial charge in [0.25, 0.3) is 0 Å². The summed E-state index contributed by atoms with van der Waals surface area (Å²) in [4.78, 5) is 20.8. The molecule has 0 atom stereocenters. The van der Waals surface area contributed by atoms with E-state index in [0.717, 1.165) is 57.7 Å². The maximum atomic E-state index is 12.2. The van der Waals surface area contributed by atoms with Crippen molar-refractivity contribution in [3.63, 3.8) is 0 Å². The summed E-state index contributed by atoms with van der Waals surface area (Å²) < 4.78 is 5.00. The molecule has 3 rings (SSSR count). The molecule has 1 amide bonds. The van der Waals surface area contributed by atoms with Crippen LogP contribution in [0.3, 0.4) is 0 Å². The topological polar surface area (TPSA) is 49.6 Å². The average Bonchev–Trinajstić information content (AvgIpc) is 2.72. The molecule has 5 nitrogen and oxygen atoms in total. The fraction of sp³-hybridized carbons (Fsp3) is 0.714. The highest BCUT2D eigenvalue weighted by molar-refractivity contribution is 5.79. The van der Waals surface area contributed by atoms with Crippen LogP contribution in [0, 0.1) is 5.92 Å². The van der Waals surface area contributed by atoms with Gasteiger partial charge in [-0.1, -0.05) is 6.42 Å². The second-order valence-electron chi connectivity index (χ2n) is 5.56. The molecular formula is C14H21N3O2. The second-order valence-corrected chi connectivity index (χ2v) is 5.56. The Kier molecular flexibility index (Phi) is 3.82. The summed E-state index contributed by atoms with van der Waals surface area (Å²) >= 11 is 0. The summed E-state index contributed by atoms with van der Waals surface area (Å²) in [5.41, 5.74) is 0.971. The molecule has 0 spiro atoms. The predicted molar refractivity (Wildman–Crippen MR) is 70.3 cm³/mol. The third-order valence-corrected chi connectivity index (χ3v) is 4.22. The first-order valence-electron chi connectivity index (χ1n) is 7.21. The maximum absolute atomic E-state index is 12.2. The van der Waals surface area contributed by atoms with Gasteiger partial charge in [0.1, 0.15) is 6.26 Å². The standard InChI is InChI=1S/C14H21N3O2/c18-14(12-3-1-4-12)17-6-2-5-16(7-8-17)9-13-10-19-11-15-13/h10-12H,1-9H2. The first-order valence-corrected chi connectivity index (χ1v) is 7.21. The molecule has 2 heterocycles. The van der Waals surface area contributed by atoms with Gasteiger partial charge in [0.2, 0.25) is 5.91 Å². The molecule has 1 saturated carbocycles. The number of carbonyl (C=O) groups is 1. The summed E-state index contributed by atoms with van der Waals surface area (Å²) in [5, 5.41) is 0.